The normalized spacial score (nSPS) is 13.7. The van der Waals surface area contributed by atoms with Crippen LogP contribution in [0.1, 0.15) is 16.2 Å². The second-order valence-corrected chi connectivity index (χ2v) is 8.72. The van der Waals surface area contributed by atoms with E-state index in [1.165, 1.54) is 6.20 Å². The Morgan fingerprint density at radius 2 is 1.66 bits per heavy atom. The Labute approximate surface area is 207 Å². The number of benzene rings is 2. The van der Waals surface area contributed by atoms with Gasteiger partial charge in [-0.3, -0.25) is 9.59 Å². The Morgan fingerprint density at radius 1 is 0.943 bits per heavy atom. The number of aromatic nitrogens is 4. The van der Waals surface area contributed by atoms with Gasteiger partial charge in [-0.2, -0.15) is 0 Å². The average Bonchev–Trinajstić information content (AvgIpc) is 2.89. The summed E-state index contributed by atoms with van der Waals surface area (Å²) in [5.41, 5.74) is 2.18. The summed E-state index contributed by atoms with van der Waals surface area (Å²) in [6, 6.07) is 18.9. The number of halogens is 1. The summed E-state index contributed by atoms with van der Waals surface area (Å²) in [6.07, 6.45) is 1.34. The number of hydrogen-bond donors (Lipinski definition) is 1. The number of nitrogens with one attached hydrogen (secondary N) is 1. The number of carbonyl (C=O) groups is 1. The van der Waals surface area contributed by atoms with Crippen molar-refractivity contribution >= 4 is 23.3 Å². The molecule has 1 N–H and O–H groups in total. The fourth-order valence-electron chi connectivity index (χ4n) is 4.08. The molecule has 2 aromatic carbocycles. The number of rotatable bonds is 4. The van der Waals surface area contributed by atoms with Crippen LogP contribution in [0.15, 0.2) is 71.7 Å². The Balaban J connectivity index is 1.28. The highest BCUT2D eigenvalue weighted by molar-refractivity contribution is 6.30. The minimum atomic E-state index is -0.462. The highest BCUT2D eigenvalue weighted by atomic mass is 35.5. The van der Waals surface area contributed by atoms with E-state index < -0.39 is 5.56 Å². The molecule has 1 aliphatic heterocycles. The number of aromatic amines is 1. The smallest absolute Gasteiger partial charge is 0.264 e. The van der Waals surface area contributed by atoms with Crippen molar-refractivity contribution in [3.63, 3.8) is 0 Å². The number of nitrogens with zero attached hydrogens (tertiary/aromatic N) is 5. The second-order valence-electron chi connectivity index (χ2n) is 8.29. The predicted molar refractivity (Wildman–Crippen MR) is 136 cm³/mol. The van der Waals surface area contributed by atoms with Gasteiger partial charge in [0.1, 0.15) is 23.0 Å². The highest BCUT2D eigenvalue weighted by Gasteiger charge is 2.25. The van der Waals surface area contributed by atoms with Crippen molar-refractivity contribution in [3.05, 3.63) is 93.6 Å². The first-order valence-electron chi connectivity index (χ1n) is 11.3. The van der Waals surface area contributed by atoms with Gasteiger partial charge in [0.2, 0.25) is 0 Å². The number of hydrogen-bond acceptors (Lipinski definition) is 6. The van der Waals surface area contributed by atoms with E-state index in [4.69, 9.17) is 11.6 Å². The van der Waals surface area contributed by atoms with Crippen LogP contribution < -0.4 is 10.5 Å². The van der Waals surface area contributed by atoms with Crippen molar-refractivity contribution in [2.24, 2.45) is 0 Å². The molecule has 0 radical (unpaired) electrons. The van der Waals surface area contributed by atoms with Gasteiger partial charge in [0.05, 0.1) is 5.69 Å². The first-order valence-corrected chi connectivity index (χ1v) is 11.7. The molecule has 176 valence electrons. The summed E-state index contributed by atoms with van der Waals surface area (Å²) < 4.78 is 0. The molecule has 1 aliphatic rings. The first-order chi connectivity index (χ1) is 17.0. The first kappa shape index (κ1) is 22.7. The molecule has 4 aromatic rings. The summed E-state index contributed by atoms with van der Waals surface area (Å²) in [5, 5.41) is 0.593. The predicted octanol–water partition coefficient (Wildman–Crippen LogP) is 3.82. The molecule has 1 amide bonds. The molecule has 1 fully saturated rings. The SMILES string of the molecule is Cc1nc(-c2ccccc2)cc(N2CCN(C(=O)c3cnc(-c4ccc(Cl)cc4)[nH]c3=O)CC2)n1. The Bertz CT molecular complexity index is 1410. The average molecular weight is 487 g/mol. The molecule has 35 heavy (non-hydrogen) atoms. The highest BCUT2D eigenvalue weighted by Crippen LogP contribution is 2.23. The lowest BCUT2D eigenvalue weighted by molar-refractivity contribution is 0.0744. The minimum Gasteiger partial charge on any atom is -0.353 e. The van der Waals surface area contributed by atoms with E-state index in [9.17, 15) is 9.59 Å². The molecule has 0 spiro atoms. The number of amides is 1. The molecule has 0 saturated carbocycles. The molecule has 3 heterocycles. The van der Waals surface area contributed by atoms with Gasteiger partial charge in [-0.25, -0.2) is 15.0 Å². The lowest BCUT2D eigenvalue weighted by Crippen LogP contribution is -2.50. The van der Waals surface area contributed by atoms with Crippen LogP contribution in [0.3, 0.4) is 0 Å². The molecule has 0 aliphatic carbocycles. The maximum atomic E-state index is 13.1. The van der Waals surface area contributed by atoms with Gasteiger partial charge in [0.25, 0.3) is 11.5 Å². The fourth-order valence-corrected chi connectivity index (χ4v) is 4.21. The summed E-state index contributed by atoms with van der Waals surface area (Å²) >= 11 is 5.92. The number of piperazine rings is 1. The summed E-state index contributed by atoms with van der Waals surface area (Å²) in [6.45, 7) is 4.03. The number of aryl methyl sites for hydroxylation is 1. The summed E-state index contributed by atoms with van der Waals surface area (Å²) in [7, 11) is 0. The zero-order valence-electron chi connectivity index (χ0n) is 19.1. The molecule has 5 rings (SSSR count). The van der Waals surface area contributed by atoms with Crippen LogP contribution in [-0.4, -0.2) is 56.9 Å². The van der Waals surface area contributed by atoms with Crippen molar-refractivity contribution < 1.29 is 4.79 Å². The Morgan fingerprint density at radius 3 is 2.34 bits per heavy atom. The maximum absolute atomic E-state index is 13.1. The Hall–Kier alpha value is -4.04. The number of carbonyl (C=O) groups excluding carboxylic acids is 1. The monoisotopic (exact) mass is 486 g/mol. The lowest BCUT2D eigenvalue weighted by Gasteiger charge is -2.35. The molecular formula is C26H23ClN6O2. The van der Waals surface area contributed by atoms with Crippen LogP contribution in [0.4, 0.5) is 5.82 Å². The van der Waals surface area contributed by atoms with Crippen molar-refractivity contribution in [2.75, 3.05) is 31.1 Å². The van der Waals surface area contributed by atoms with Gasteiger partial charge < -0.3 is 14.8 Å². The molecule has 0 unspecified atom stereocenters. The van der Waals surface area contributed by atoms with E-state index in [1.807, 2.05) is 43.3 Å². The van der Waals surface area contributed by atoms with Crippen LogP contribution in [0.2, 0.25) is 5.02 Å². The van der Waals surface area contributed by atoms with Crippen LogP contribution in [0.25, 0.3) is 22.6 Å². The third-order valence-corrected chi connectivity index (χ3v) is 6.18. The van der Waals surface area contributed by atoms with E-state index in [-0.39, 0.29) is 11.5 Å². The molecule has 1 saturated heterocycles. The molecule has 0 atom stereocenters. The third kappa shape index (κ3) is 4.93. The van der Waals surface area contributed by atoms with Crippen molar-refractivity contribution in [2.45, 2.75) is 6.92 Å². The lowest BCUT2D eigenvalue weighted by atomic mass is 10.1. The zero-order chi connectivity index (χ0) is 24.4. The van der Waals surface area contributed by atoms with Crippen molar-refractivity contribution in [3.8, 4) is 22.6 Å². The van der Waals surface area contributed by atoms with E-state index >= 15 is 0 Å². The molecule has 8 nitrogen and oxygen atoms in total. The summed E-state index contributed by atoms with van der Waals surface area (Å²) in [5.74, 6) is 1.58. The third-order valence-electron chi connectivity index (χ3n) is 5.93. The van der Waals surface area contributed by atoms with Crippen LogP contribution in [0.5, 0.6) is 0 Å². The van der Waals surface area contributed by atoms with E-state index in [0.717, 1.165) is 17.1 Å². The quantitative estimate of drug-likeness (QED) is 0.471. The molecule has 9 heteroatoms. The Kier molecular flexibility index (Phi) is 6.29. The zero-order valence-corrected chi connectivity index (χ0v) is 19.9. The van der Waals surface area contributed by atoms with Gasteiger partial charge in [-0.15, -0.1) is 0 Å². The second kappa shape index (κ2) is 9.68. The summed E-state index contributed by atoms with van der Waals surface area (Å²) in [4.78, 5) is 45.7. The van der Waals surface area contributed by atoms with E-state index in [0.29, 0.717) is 48.4 Å². The van der Waals surface area contributed by atoms with Gasteiger partial charge >= 0.3 is 0 Å². The minimum absolute atomic E-state index is 0.0282. The number of anilines is 1. The van der Waals surface area contributed by atoms with E-state index in [1.54, 1.807) is 29.2 Å². The van der Waals surface area contributed by atoms with Crippen LogP contribution in [-0.2, 0) is 0 Å². The molecule has 2 aromatic heterocycles. The fraction of sp³-hybridized carbons (Fsp3) is 0.192. The maximum Gasteiger partial charge on any atom is 0.264 e. The van der Waals surface area contributed by atoms with Gasteiger partial charge in [-0.1, -0.05) is 41.9 Å². The van der Waals surface area contributed by atoms with E-state index in [2.05, 4.69) is 24.8 Å². The molecular weight excluding hydrogens is 464 g/mol. The molecule has 0 bridgehead atoms. The standard InChI is InChI=1S/C26H23ClN6O2/c1-17-29-22(18-5-3-2-4-6-18)15-23(30-17)32-11-13-33(14-12-32)26(35)21-16-28-24(31-25(21)34)19-7-9-20(27)10-8-19/h2-10,15-16H,11-14H2,1H3,(H,28,31,34). The van der Waals surface area contributed by atoms with Gasteiger partial charge in [-0.05, 0) is 31.2 Å². The van der Waals surface area contributed by atoms with Crippen molar-refractivity contribution in [1.82, 2.24) is 24.8 Å². The van der Waals surface area contributed by atoms with Gasteiger partial charge in [0, 0.05) is 54.6 Å². The van der Waals surface area contributed by atoms with Gasteiger partial charge in [0.15, 0.2) is 0 Å². The largest absolute Gasteiger partial charge is 0.353 e. The van der Waals surface area contributed by atoms with Crippen molar-refractivity contribution in [1.29, 1.82) is 0 Å². The van der Waals surface area contributed by atoms with Crippen LogP contribution in [0, 0.1) is 6.92 Å². The topological polar surface area (TPSA) is 95.1 Å². The number of H-pyrrole nitrogens is 1. The van der Waals surface area contributed by atoms with Crippen LogP contribution >= 0.6 is 11.6 Å².